The molecule has 6 aliphatic heterocycles. The van der Waals surface area contributed by atoms with Gasteiger partial charge in [-0.15, -0.1) is 0 Å². The molecule has 0 aliphatic carbocycles. The average molecular weight is 1220 g/mol. The highest BCUT2D eigenvalue weighted by Crippen LogP contribution is 2.43. The lowest BCUT2D eigenvalue weighted by Crippen LogP contribution is -2.64. The second kappa shape index (κ2) is 33.1. The number of aliphatic hydroxyl groups excluding tert-OH is 1. The molecule has 12 unspecified atom stereocenters. The third kappa shape index (κ3) is 16.4. The Bertz CT molecular complexity index is 2310. The van der Waals surface area contributed by atoms with Crippen molar-refractivity contribution in [2.75, 3.05) is 41.6 Å². The lowest BCUT2D eigenvalue weighted by molar-refractivity contribution is -0.367. The Morgan fingerprint density at radius 2 is 0.988 bits per heavy atom. The van der Waals surface area contributed by atoms with Crippen LogP contribution in [0.25, 0.3) is 20.9 Å². The molecule has 6 saturated heterocycles. The fraction of sp³-hybridized carbons (Fsp3) is 0.885. The number of benzene rings is 1. The molecule has 6 heterocycles. The zero-order valence-electron chi connectivity index (χ0n) is 53.4. The van der Waals surface area contributed by atoms with Gasteiger partial charge in [-0.2, -0.15) is 0 Å². The van der Waals surface area contributed by atoms with Crippen molar-refractivity contribution in [2.45, 2.75) is 269 Å². The number of nitrogens with zero attached hydrogens (tertiary/aromatic N) is 6. The molecule has 0 spiro atoms. The molecule has 0 aromatic heterocycles. The molecule has 6 fully saturated rings. The number of hydrogen-bond acceptors (Lipinski definition) is 21. The van der Waals surface area contributed by atoms with Crippen molar-refractivity contribution in [2.24, 2.45) is 45.7 Å². The lowest BCUT2D eigenvalue weighted by Gasteiger charge is -2.52. The normalized spacial score (nSPS) is 43.8. The summed E-state index contributed by atoms with van der Waals surface area (Å²) in [6, 6.07) is 8.63. The number of aryl methyl sites for hydroxylation is 1. The fourth-order valence-electron chi connectivity index (χ4n) is 13.7. The zero-order valence-corrected chi connectivity index (χ0v) is 53.4. The summed E-state index contributed by atoms with van der Waals surface area (Å²) in [5.41, 5.74) is 21.3. The molecule has 488 valence electrons. The van der Waals surface area contributed by atoms with Gasteiger partial charge in [-0.3, -0.25) is 4.79 Å². The first-order valence-corrected chi connectivity index (χ1v) is 31.3. The van der Waals surface area contributed by atoms with E-state index in [1.54, 1.807) is 21.1 Å². The molecule has 0 bridgehead atoms. The van der Waals surface area contributed by atoms with Crippen molar-refractivity contribution in [1.82, 2.24) is 5.32 Å². The van der Waals surface area contributed by atoms with Gasteiger partial charge < -0.3 is 86.2 Å². The number of carbonyl (C=O) groups is 1. The van der Waals surface area contributed by atoms with Crippen molar-refractivity contribution in [3.63, 3.8) is 0 Å². The van der Waals surface area contributed by atoms with Gasteiger partial charge in [0.05, 0.1) is 85.3 Å². The van der Waals surface area contributed by atoms with E-state index in [-0.39, 0.29) is 36.7 Å². The summed E-state index contributed by atoms with van der Waals surface area (Å²) in [5, 5.41) is 22.7. The van der Waals surface area contributed by atoms with Gasteiger partial charge in [-0.25, -0.2) is 0 Å². The molecule has 1 aromatic carbocycles. The third-order valence-corrected chi connectivity index (χ3v) is 18.8. The first kappa shape index (κ1) is 70.1. The van der Waals surface area contributed by atoms with Crippen LogP contribution in [-0.2, 0) is 87.0 Å². The van der Waals surface area contributed by atoms with Crippen LogP contribution in [0.1, 0.15) is 121 Å². The first-order chi connectivity index (χ1) is 41.3. The van der Waals surface area contributed by atoms with E-state index in [1.165, 1.54) is 19.6 Å². The molecule has 6 aliphatic rings. The smallest absolute Gasteiger partial charge is 0.302 e. The molecule has 25 heteroatoms. The number of nitrogens with one attached hydrogen (secondary N) is 1. The van der Waals surface area contributed by atoms with Gasteiger partial charge in [0.2, 0.25) is 0 Å². The largest absolute Gasteiger partial charge is 0.463 e. The van der Waals surface area contributed by atoms with Crippen LogP contribution >= 0.6 is 0 Å². The Morgan fingerprint density at radius 3 is 1.45 bits per heavy atom. The zero-order chi connectivity index (χ0) is 62.5. The number of carbonyl (C=O) groups excluding carboxylic acids is 1. The molecular formula is C61H101N7O18. The van der Waals surface area contributed by atoms with Crippen LogP contribution < -0.4 is 5.32 Å². The molecule has 0 amide bonds. The summed E-state index contributed by atoms with van der Waals surface area (Å²) in [7, 11) is 6.66. The number of rotatable bonds is 27. The van der Waals surface area contributed by atoms with E-state index >= 15 is 0 Å². The quantitative estimate of drug-likeness (QED) is 0.0275. The second-order valence-electron chi connectivity index (χ2n) is 24.5. The topological polar surface area (TPSA) is 295 Å². The highest BCUT2D eigenvalue weighted by molar-refractivity contribution is 5.65. The van der Waals surface area contributed by atoms with Crippen molar-refractivity contribution in [3.05, 3.63) is 56.8 Å². The van der Waals surface area contributed by atoms with Gasteiger partial charge in [0.15, 0.2) is 37.7 Å². The Kier molecular flexibility index (Phi) is 27.0. The maximum atomic E-state index is 12.2. The van der Waals surface area contributed by atoms with Gasteiger partial charge in [0.25, 0.3) is 0 Å². The van der Waals surface area contributed by atoms with E-state index < -0.39 is 159 Å². The van der Waals surface area contributed by atoms with E-state index in [9.17, 15) is 21.0 Å². The van der Waals surface area contributed by atoms with Crippen LogP contribution in [0.4, 0.5) is 0 Å². The maximum absolute atomic E-state index is 12.2. The molecule has 30 atom stereocenters. The number of aliphatic hydroxyl groups is 1. The molecule has 0 radical (unpaired) electrons. The van der Waals surface area contributed by atoms with Crippen molar-refractivity contribution in [1.29, 1.82) is 0 Å². The van der Waals surface area contributed by atoms with Crippen LogP contribution in [-0.4, -0.2) is 200 Å². The first-order valence-electron chi connectivity index (χ1n) is 31.3. The fourth-order valence-corrected chi connectivity index (χ4v) is 13.7. The molecular weight excluding hydrogens is 1120 g/mol. The number of ether oxygens (including phenoxy) is 16. The van der Waals surface area contributed by atoms with Crippen molar-refractivity contribution >= 4 is 5.97 Å². The van der Waals surface area contributed by atoms with E-state index in [1.807, 2.05) is 68.5 Å². The molecule has 86 heavy (non-hydrogen) atoms. The predicted octanol–water partition coefficient (Wildman–Crippen LogP) is 8.30. The van der Waals surface area contributed by atoms with E-state index in [2.05, 4.69) is 63.5 Å². The van der Waals surface area contributed by atoms with E-state index in [0.717, 1.165) is 25.7 Å². The summed E-state index contributed by atoms with van der Waals surface area (Å²) in [6.45, 7) is 23.0. The number of likely N-dealkylation sites (N-methyl/N-ethyl adjacent to an activating group) is 1. The minimum absolute atomic E-state index is 0.00733. The van der Waals surface area contributed by atoms with Crippen molar-refractivity contribution < 1.29 is 85.7 Å². The lowest BCUT2D eigenvalue weighted by atomic mass is 9.86. The van der Waals surface area contributed by atoms with Crippen LogP contribution in [0.15, 0.2) is 40.6 Å². The predicted molar refractivity (Wildman–Crippen MR) is 313 cm³/mol. The van der Waals surface area contributed by atoms with Crippen LogP contribution in [0.5, 0.6) is 0 Å². The van der Waals surface area contributed by atoms with E-state index in [0.29, 0.717) is 19.4 Å². The minimum Gasteiger partial charge on any atom is -0.463 e. The highest BCUT2D eigenvalue weighted by Gasteiger charge is 2.56. The Balaban J connectivity index is 0.983. The number of methoxy groups -OCH3 is 3. The summed E-state index contributed by atoms with van der Waals surface area (Å²) >= 11 is 0. The Morgan fingerprint density at radius 1 is 0.547 bits per heavy atom. The molecule has 2 N–H and O–H groups in total. The molecule has 25 nitrogen and oxygen atoms in total. The van der Waals surface area contributed by atoms with E-state index in [4.69, 9.17) is 75.8 Å². The highest BCUT2D eigenvalue weighted by atomic mass is 16.8. The van der Waals surface area contributed by atoms with Crippen molar-refractivity contribution in [3.8, 4) is 0 Å². The summed E-state index contributed by atoms with van der Waals surface area (Å²) in [6.07, 6.45) is -9.05. The number of esters is 1. The van der Waals surface area contributed by atoms with Crippen LogP contribution in [0.2, 0.25) is 0 Å². The summed E-state index contributed by atoms with van der Waals surface area (Å²) in [5.74, 6) is -2.75. The number of azide groups is 2. The van der Waals surface area contributed by atoms with Gasteiger partial charge in [0, 0.05) is 68.4 Å². The van der Waals surface area contributed by atoms with Gasteiger partial charge >= 0.3 is 5.97 Å². The van der Waals surface area contributed by atoms with Crippen LogP contribution in [0, 0.1) is 35.5 Å². The van der Waals surface area contributed by atoms with Gasteiger partial charge in [0.1, 0.15) is 31.0 Å². The minimum atomic E-state index is -1.18. The van der Waals surface area contributed by atoms with Crippen LogP contribution in [0.3, 0.4) is 0 Å². The molecule has 7 rings (SSSR count). The molecule has 0 saturated carbocycles. The summed E-state index contributed by atoms with van der Waals surface area (Å²) < 4.78 is 104. The number of hydrogen-bond donors (Lipinski definition) is 2. The van der Waals surface area contributed by atoms with Gasteiger partial charge in [-0.05, 0) is 88.4 Å². The Labute approximate surface area is 508 Å². The number of unbranched alkanes of at least 4 members (excludes halogenated alkanes) is 2. The second-order valence-corrected chi connectivity index (χ2v) is 24.5. The molecule has 1 aromatic rings. The maximum Gasteiger partial charge on any atom is 0.302 e. The van der Waals surface area contributed by atoms with Gasteiger partial charge in [-0.1, -0.05) is 102 Å². The third-order valence-electron chi connectivity index (χ3n) is 18.8. The SMILES string of the molecule is CCC1O[C@@H](O[C@H]2C(C)O[C@@H](O[C@@H]3C(CC)O[C@@H](OCCCCCc4ccccc4)C(NC)[C@H]3C)[C@@H](C)C2OC)C(N=[N+]=[N-])[C@@H](C)[C@@H]1O[C@@H]1OC(C)[C@H](O[C@@H]2OC(COC(C)=O)[C@@H](O[C@@H]3OC(C)[C@@H](O)C(OC)[C@@H]3C)[C@H](C)C2N=[N+]=[N-])C(OC)[C@@H]1C. The Hall–Kier alpha value is -3.37. The monoisotopic (exact) mass is 1220 g/mol. The summed E-state index contributed by atoms with van der Waals surface area (Å²) in [4.78, 5) is 18.6. The average Bonchev–Trinajstić information content (AvgIpc) is 2.40. The standard InChI is InChI=1S/C61H101N7O18/c1-17-41-48(30(3)44(64-13)59(79-41)74-28-24-20-23-27-40-25-21-19-22-26-40)82-57-34(7)52(72-15)54(37(10)77-57)85-60-45(65-67-62)31(4)49(42(18-2)80-60)83-58-35(8)53(73-16)55(38(11)78-58)86-61-46(66-68-63)32(5)50(43(81-61)29-75-39(12)69)84-56-33(6)51(71-14)47(70)36(9)76-56/h19,21-22,25-26,30-38,41-61,64,70H,17-18,20,23-24,27-29H2,1-16H3/t30-,31-,32-,33+,34+,35+,36?,37?,38?,41?,42?,43?,44?,45?,46?,47-,48+,49+,50+,51?,52?,53?,54+,55+,56+,57+,58+,59-,60+,61+/m1/s1.